The van der Waals surface area contributed by atoms with Gasteiger partial charge in [-0.05, 0) is 32.6 Å². The van der Waals surface area contributed by atoms with Gasteiger partial charge in [0.1, 0.15) is 12.1 Å². The van der Waals surface area contributed by atoms with Crippen molar-refractivity contribution in [2.75, 3.05) is 18.0 Å². The highest BCUT2D eigenvalue weighted by molar-refractivity contribution is 5.76. The van der Waals surface area contributed by atoms with Crippen LogP contribution in [0.2, 0.25) is 0 Å². The molecule has 1 unspecified atom stereocenters. The molecule has 2 aliphatic rings. The van der Waals surface area contributed by atoms with Crippen LogP contribution in [0.3, 0.4) is 0 Å². The number of aryl methyl sites for hydroxylation is 1. The summed E-state index contributed by atoms with van der Waals surface area (Å²) in [5.41, 5.74) is 1.73. The predicted octanol–water partition coefficient (Wildman–Crippen LogP) is 1.27. The van der Waals surface area contributed by atoms with Crippen molar-refractivity contribution in [2.24, 2.45) is 5.41 Å². The van der Waals surface area contributed by atoms with Gasteiger partial charge in [0.15, 0.2) is 0 Å². The van der Waals surface area contributed by atoms with Crippen molar-refractivity contribution in [3.05, 3.63) is 17.6 Å². The summed E-state index contributed by atoms with van der Waals surface area (Å²) < 4.78 is 0. The second kappa shape index (κ2) is 3.93. The zero-order valence-corrected chi connectivity index (χ0v) is 10.5. The molecule has 1 atom stereocenters. The minimum Gasteiger partial charge on any atom is -0.481 e. The van der Waals surface area contributed by atoms with Crippen molar-refractivity contribution < 1.29 is 9.90 Å². The lowest BCUT2D eigenvalue weighted by Crippen LogP contribution is -2.32. The first kappa shape index (κ1) is 11.4. The highest BCUT2D eigenvalue weighted by atomic mass is 16.4. The third-order valence-corrected chi connectivity index (χ3v) is 4.14. The Kier molecular flexibility index (Phi) is 2.50. The number of aliphatic carboxylic acids is 1. The first-order valence-electron chi connectivity index (χ1n) is 6.41. The summed E-state index contributed by atoms with van der Waals surface area (Å²) in [5, 5.41) is 9.27. The van der Waals surface area contributed by atoms with Gasteiger partial charge in [-0.3, -0.25) is 4.79 Å². The molecule has 18 heavy (non-hydrogen) atoms. The fraction of sp³-hybridized carbons (Fsp3) is 0.615. The van der Waals surface area contributed by atoms with Crippen molar-refractivity contribution in [1.29, 1.82) is 0 Å². The smallest absolute Gasteiger partial charge is 0.311 e. The van der Waals surface area contributed by atoms with E-state index in [1.165, 1.54) is 5.56 Å². The molecule has 3 rings (SSSR count). The molecule has 1 aromatic heterocycles. The Balaban J connectivity index is 1.90. The number of hydrogen-bond donors (Lipinski definition) is 1. The van der Waals surface area contributed by atoms with Crippen LogP contribution >= 0.6 is 0 Å². The summed E-state index contributed by atoms with van der Waals surface area (Å²) in [4.78, 5) is 22.1. The van der Waals surface area contributed by atoms with Crippen molar-refractivity contribution in [3.63, 3.8) is 0 Å². The van der Waals surface area contributed by atoms with Crippen molar-refractivity contribution in [3.8, 4) is 0 Å². The van der Waals surface area contributed by atoms with Crippen LogP contribution in [0.4, 0.5) is 5.82 Å². The second-order valence-electron chi connectivity index (χ2n) is 5.51. The number of rotatable bonds is 2. The number of anilines is 1. The van der Waals surface area contributed by atoms with Crippen molar-refractivity contribution in [1.82, 2.24) is 9.97 Å². The van der Waals surface area contributed by atoms with Crippen molar-refractivity contribution >= 4 is 11.8 Å². The van der Waals surface area contributed by atoms with Gasteiger partial charge < -0.3 is 10.0 Å². The number of hydrogen-bond acceptors (Lipinski definition) is 4. The van der Waals surface area contributed by atoms with E-state index in [-0.39, 0.29) is 0 Å². The van der Waals surface area contributed by atoms with Crippen LogP contribution in [0.1, 0.15) is 31.0 Å². The van der Waals surface area contributed by atoms with Gasteiger partial charge in [0.05, 0.1) is 5.41 Å². The molecule has 1 fully saturated rings. The van der Waals surface area contributed by atoms with E-state index in [2.05, 4.69) is 14.9 Å². The monoisotopic (exact) mass is 247 g/mol. The third kappa shape index (κ3) is 1.65. The van der Waals surface area contributed by atoms with E-state index in [0.29, 0.717) is 13.0 Å². The third-order valence-electron chi connectivity index (χ3n) is 4.14. The summed E-state index contributed by atoms with van der Waals surface area (Å²) in [7, 11) is 0. The lowest BCUT2D eigenvalue weighted by Gasteiger charge is -2.22. The average Bonchev–Trinajstić information content (AvgIpc) is 2.95. The summed E-state index contributed by atoms with van der Waals surface area (Å²) in [6.07, 6.45) is 5.46. The molecular formula is C13H17N3O2. The highest BCUT2D eigenvalue weighted by Crippen LogP contribution is 2.36. The number of aromatic nitrogens is 2. The van der Waals surface area contributed by atoms with Crippen LogP contribution in [0.5, 0.6) is 0 Å². The average molecular weight is 247 g/mol. The number of fused-ring (bicyclic) bond motifs is 1. The van der Waals surface area contributed by atoms with Crippen LogP contribution in [0, 0.1) is 5.41 Å². The molecule has 0 bridgehead atoms. The van der Waals surface area contributed by atoms with Gasteiger partial charge in [0.25, 0.3) is 0 Å². The molecule has 1 N–H and O–H groups in total. The number of carbonyl (C=O) groups is 1. The quantitative estimate of drug-likeness (QED) is 0.852. The summed E-state index contributed by atoms with van der Waals surface area (Å²) in [6.45, 7) is 3.13. The molecule has 0 aromatic carbocycles. The molecule has 1 aliphatic heterocycles. The molecule has 0 radical (unpaired) electrons. The van der Waals surface area contributed by atoms with E-state index in [1.54, 1.807) is 6.33 Å². The molecule has 0 amide bonds. The Hall–Kier alpha value is -1.65. The molecule has 0 saturated carbocycles. The van der Waals surface area contributed by atoms with E-state index in [0.717, 1.165) is 37.3 Å². The SMILES string of the molecule is CC1(C(=O)O)CCN(c2ncnc3c2CCC3)C1. The Morgan fingerprint density at radius 2 is 2.28 bits per heavy atom. The van der Waals surface area contributed by atoms with Crippen molar-refractivity contribution in [2.45, 2.75) is 32.6 Å². The summed E-state index contributed by atoms with van der Waals surface area (Å²) >= 11 is 0. The van der Waals surface area contributed by atoms with Crippen LogP contribution in [0.15, 0.2) is 6.33 Å². The minimum absolute atomic E-state index is 0.547. The molecule has 96 valence electrons. The summed E-state index contributed by atoms with van der Waals surface area (Å²) in [6, 6.07) is 0. The fourth-order valence-electron chi connectivity index (χ4n) is 2.93. The Morgan fingerprint density at radius 3 is 3.00 bits per heavy atom. The Labute approximate surface area is 106 Å². The van der Waals surface area contributed by atoms with Gasteiger partial charge in [-0.1, -0.05) is 0 Å². The number of carboxylic acid groups (broad SMARTS) is 1. The van der Waals surface area contributed by atoms with E-state index in [4.69, 9.17) is 0 Å². The molecule has 5 heteroatoms. The minimum atomic E-state index is -0.712. The predicted molar refractivity (Wildman–Crippen MR) is 66.6 cm³/mol. The number of carboxylic acids is 1. The zero-order chi connectivity index (χ0) is 12.8. The Morgan fingerprint density at radius 1 is 1.44 bits per heavy atom. The molecule has 5 nitrogen and oxygen atoms in total. The van der Waals surface area contributed by atoms with Crippen LogP contribution < -0.4 is 4.90 Å². The maximum absolute atomic E-state index is 11.3. The first-order valence-corrected chi connectivity index (χ1v) is 6.41. The molecule has 1 aliphatic carbocycles. The molecule has 1 saturated heterocycles. The van der Waals surface area contributed by atoms with Gasteiger partial charge in [-0.15, -0.1) is 0 Å². The lowest BCUT2D eigenvalue weighted by molar-refractivity contribution is -0.146. The van der Waals surface area contributed by atoms with Crippen LogP contribution in [-0.2, 0) is 17.6 Å². The molecule has 0 spiro atoms. The maximum Gasteiger partial charge on any atom is 0.311 e. The summed E-state index contributed by atoms with van der Waals surface area (Å²) in [5.74, 6) is 0.248. The van der Waals surface area contributed by atoms with Gasteiger partial charge in [0, 0.05) is 24.3 Å². The van der Waals surface area contributed by atoms with Gasteiger partial charge in [-0.2, -0.15) is 0 Å². The number of nitrogens with zero attached hydrogens (tertiary/aromatic N) is 3. The van der Waals surface area contributed by atoms with Crippen LogP contribution in [0.25, 0.3) is 0 Å². The lowest BCUT2D eigenvalue weighted by atomic mass is 9.90. The normalized spacial score (nSPS) is 26.4. The highest BCUT2D eigenvalue weighted by Gasteiger charge is 2.41. The van der Waals surface area contributed by atoms with E-state index >= 15 is 0 Å². The van der Waals surface area contributed by atoms with Gasteiger partial charge in [-0.25, -0.2) is 9.97 Å². The fourth-order valence-corrected chi connectivity index (χ4v) is 2.93. The molecular weight excluding hydrogens is 230 g/mol. The maximum atomic E-state index is 11.3. The standard InChI is InChI=1S/C13H17N3O2/c1-13(12(17)18)5-6-16(7-13)11-9-3-2-4-10(9)14-8-15-11/h8H,2-7H2,1H3,(H,17,18). The van der Waals surface area contributed by atoms with E-state index in [1.807, 2.05) is 6.92 Å². The van der Waals surface area contributed by atoms with E-state index in [9.17, 15) is 9.90 Å². The van der Waals surface area contributed by atoms with Gasteiger partial charge in [0.2, 0.25) is 0 Å². The topological polar surface area (TPSA) is 66.3 Å². The second-order valence-corrected chi connectivity index (χ2v) is 5.51. The van der Waals surface area contributed by atoms with Gasteiger partial charge >= 0.3 is 5.97 Å². The first-order chi connectivity index (χ1) is 8.60. The van der Waals surface area contributed by atoms with Crippen LogP contribution in [-0.4, -0.2) is 34.1 Å². The molecule has 2 heterocycles. The van der Waals surface area contributed by atoms with E-state index < -0.39 is 11.4 Å². The largest absolute Gasteiger partial charge is 0.481 e. The Bertz CT molecular complexity index is 503. The zero-order valence-electron chi connectivity index (χ0n) is 10.5. The molecule has 1 aromatic rings.